The summed E-state index contributed by atoms with van der Waals surface area (Å²) in [7, 11) is 1.23. The molecule has 0 fully saturated rings. The van der Waals surface area contributed by atoms with Crippen molar-refractivity contribution in [2.24, 2.45) is 0 Å². The number of rotatable bonds is 8. The van der Waals surface area contributed by atoms with Crippen molar-refractivity contribution in [3.63, 3.8) is 0 Å². The highest BCUT2D eigenvalue weighted by molar-refractivity contribution is 6.34. The van der Waals surface area contributed by atoms with Crippen LogP contribution in [0.5, 0.6) is 0 Å². The van der Waals surface area contributed by atoms with Gasteiger partial charge in [-0.3, -0.25) is 14.4 Å². The molecule has 2 amide bonds. The second-order valence-electron chi connectivity index (χ2n) is 6.11. The number of halogens is 1. The number of methoxy groups -OCH3 is 1. The average Bonchev–Trinajstić information content (AvgIpc) is 3.30. The second-order valence-corrected chi connectivity index (χ2v) is 6.52. The van der Waals surface area contributed by atoms with Gasteiger partial charge in [-0.2, -0.15) is 0 Å². The van der Waals surface area contributed by atoms with Gasteiger partial charge >= 0.3 is 5.97 Å². The number of aromatic nitrogens is 2. The highest BCUT2D eigenvalue weighted by Crippen LogP contribution is 2.17. The molecule has 1 aromatic carbocycles. The summed E-state index contributed by atoms with van der Waals surface area (Å²) in [5.74, 6) is -0.661. The van der Waals surface area contributed by atoms with Crippen LogP contribution in [0.25, 0.3) is 0 Å². The van der Waals surface area contributed by atoms with Crippen molar-refractivity contribution in [1.29, 1.82) is 0 Å². The van der Waals surface area contributed by atoms with Crippen molar-refractivity contribution in [3.8, 4) is 0 Å². The normalized spacial score (nSPS) is 10.3. The number of nitrogens with one attached hydrogen (secondary N) is 3. The van der Waals surface area contributed by atoms with Gasteiger partial charge in [-0.25, -0.2) is 9.97 Å². The van der Waals surface area contributed by atoms with Crippen molar-refractivity contribution in [2.75, 3.05) is 24.3 Å². The van der Waals surface area contributed by atoms with Gasteiger partial charge in [0.25, 0.3) is 11.8 Å². The van der Waals surface area contributed by atoms with Crippen LogP contribution in [0, 0.1) is 0 Å². The Morgan fingerprint density at radius 3 is 2.58 bits per heavy atom. The van der Waals surface area contributed by atoms with Gasteiger partial charge in [-0.1, -0.05) is 11.6 Å². The molecule has 0 unspecified atom stereocenters. The summed E-state index contributed by atoms with van der Waals surface area (Å²) in [6.45, 7) is 0.103. The van der Waals surface area contributed by atoms with E-state index < -0.39 is 17.8 Å². The molecule has 2 heterocycles. The largest absolute Gasteiger partial charge is 0.468 e. The molecule has 11 heteroatoms. The molecule has 10 nitrogen and oxygen atoms in total. The average molecular weight is 444 g/mol. The SMILES string of the molecule is COC(=O)CNC(=O)c1ccc(NC(=O)c2nc(NCc3ccco3)ncc2Cl)cc1. The number of hydrogen-bond donors (Lipinski definition) is 3. The van der Waals surface area contributed by atoms with Crippen molar-refractivity contribution in [1.82, 2.24) is 15.3 Å². The molecule has 0 aliphatic carbocycles. The third-order valence-electron chi connectivity index (χ3n) is 3.99. The zero-order valence-electron chi connectivity index (χ0n) is 16.3. The number of ether oxygens (including phenoxy) is 1. The first-order valence-electron chi connectivity index (χ1n) is 9.01. The lowest BCUT2D eigenvalue weighted by atomic mass is 10.2. The Labute approximate surface area is 182 Å². The van der Waals surface area contributed by atoms with E-state index in [1.807, 2.05) is 0 Å². The fourth-order valence-corrected chi connectivity index (χ4v) is 2.59. The van der Waals surface area contributed by atoms with Crippen LogP contribution in [0.15, 0.2) is 53.3 Å². The first-order chi connectivity index (χ1) is 15.0. The molecule has 160 valence electrons. The summed E-state index contributed by atoms with van der Waals surface area (Å²) in [6.07, 6.45) is 2.87. The van der Waals surface area contributed by atoms with Crippen molar-refractivity contribution in [2.45, 2.75) is 6.54 Å². The highest BCUT2D eigenvalue weighted by atomic mass is 35.5. The first-order valence-corrected chi connectivity index (χ1v) is 9.39. The van der Waals surface area contributed by atoms with E-state index >= 15 is 0 Å². The topological polar surface area (TPSA) is 135 Å². The standard InChI is InChI=1S/C20H18ClN5O5/c1-30-16(27)11-22-18(28)12-4-6-13(7-5-12)25-19(29)17-15(21)10-24-20(26-17)23-9-14-3-2-8-31-14/h2-8,10H,9,11H2,1H3,(H,22,28)(H,25,29)(H,23,24,26). The van der Waals surface area contributed by atoms with Crippen LogP contribution >= 0.6 is 11.6 Å². The third-order valence-corrected chi connectivity index (χ3v) is 4.26. The molecular formula is C20H18ClN5O5. The number of esters is 1. The number of benzene rings is 1. The van der Waals surface area contributed by atoms with Crippen molar-refractivity contribution < 1.29 is 23.5 Å². The summed E-state index contributed by atoms with van der Waals surface area (Å²) in [5.41, 5.74) is 0.721. The van der Waals surface area contributed by atoms with Gasteiger partial charge in [0.1, 0.15) is 12.3 Å². The Morgan fingerprint density at radius 2 is 1.90 bits per heavy atom. The number of nitrogens with zero attached hydrogens (tertiary/aromatic N) is 2. The molecule has 2 aromatic heterocycles. The fourth-order valence-electron chi connectivity index (χ4n) is 2.41. The van der Waals surface area contributed by atoms with Crippen LogP contribution < -0.4 is 16.0 Å². The number of anilines is 2. The Bertz CT molecular complexity index is 1070. The smallest absolute Gasteiger partial charge is 0.325 e. The minimum absolute atomic E-state index is 0.0153. The molecular weight excluding hydrogens is 426 g/mol. The van der Waals surface area contributed by atoms with E-state index in [-0.39, 0.29) is 23.2 Å². The van der Waals surface area contributed by atoms with E-state index in [4.69, 9.17) is 16.0 Å². The van der Waals surface area contributed by atoms with Crippen LogP contribution in [0.1, 0.15) is 26.6 Å². The molecule has 0 aliphatic rings. The van der Waals surface area contributed by atoms with E-state index in [9.17, 15) is 14.4 Å². The van der Waals surface area contributed by atoms with Gasteiger partial charge in [0.05, 0.1) is 31.1 Å². The highest BCUT2D eigenvalue weighted by Gasteiger charge is 2.15. The minimum Gasteiger partial charge on any atom is -0.468 e. The monoisotopic (exact) mass is 443 g/mol. The number of amides is 2. The zero-order chi connectivity index (χ0) is 22.2. The lowest BCUT2D eigenvalue weighted by Gasteiger charge is -2.09. The number of carbonyl (C=O) groups is 3. The van der Waals surface area contributed by atoms with E-state index in [1.165, 1.54) is 37.6 Å². The molecule has 3 N–H and O–H groups in total. The number of furan rings is 1. The van der Waals surface area contributed by atoms with Gasteiger partial charge in [0.15, 0.2) is 5.69 Å². The summed E-state index contributed by atoms with van der Waals surface area (Å²) in [5, 5.41) is 8.11. The summed E-state index contributed by atoms with van der Waals surface area (Å²) in [4.78, 5) is 43.9. The Kier molecular flexibility index (Phi) is 7.17. The summed E-state index contributed by atoms with van der Waals surface area (Å²) < 4.78 is 9.68. The molecule has 0 bridgehead atoms. The number of carbonyl (C=O) groups excluding carboxylic acids is 3. The molecule has 3 aromatic rings. The maximum absolute atomic E-state index is 12.6. The number of hydrogen-bond acceptors (Lipinski definition) is 8. The molecule has 0 spiro atoms. The first kappa shape index (κ1) is 21.8. The molecule has 0 saturated heterocycles. The van der Waals surface area contributed by atoms with Gasteiger partial charge in [0.2, 0.25) is 5.95 Å². The molecule has 0 radical (unpaired) electrons. The maximum atomic E-state index is 12.6. The Morgan fingerprint density at radius 1 is 1.13 bits per heavy atom. The Balaban J connectivity index is 1.62. The zero-order valence-corrected chi connectivity index (χ0v) is 17.1. The lowest BCUT2D eigenvalue weighted by Crippen LogP contribution is -2.30. The predicted molar refractivity (Wildman–Crippen MR) is 112 cm³/mol. The minimum atomic E-state index is -0.558. The maximum Gasteiger partial charge on any atom is 0.325 e. The van der Waals surface area contributed by atoms with Crippen molar-refractivity contribution in [3.05, 3.63) is 70.9 Å². The molecule has 3 rings (SSSR count). The van der Waals surface area contributed by atoms with Crippen LogP contribution in [0.3, 0.4) is 0 Å². The third kappa shape index (κ3) is 6.03. The van der Waals surface area contributed by atoms with E-state index in [0.29, 0.717) is 23.6 Å². The summed E-state index contributed by atoms with van der Waals surface area (Å²) in [6, 6.07) is 9.62. The van der Waals surface area contributed by atoms with Crippen molar-refractivity contribution >= 4 is 41.0 Å². The van der Waals surface area contributed by atoms with Gasteiger partial charge in [-0.15, -0.1) is 0 Å². The molecule has 0 saturated carbocycles. The molecule has 31 heavy (non-hydrogen) atoms. The predicted octanol–water partition coefficient (Wildman–Crippen LogP) is 2.49. The van der Waals surface area contributed by atoms with E-state index in [1.54, 1.807) is 18.4 Å². The molecule has 0 atom stereocenters. The quantitative estimate of drug-likeness (QED) is 0.452. The van der Waals surface area contributed by atoms with Crippen LogP contribution in [0.2, 0.25) is 5.02 Å². The van der Waals surface area contributed by atoms with Crippen LogP contribution in [0.4, 0.5) is 11.6 Å². The van der Waals surface area contributed by atoms with Gasteiger partial charge in [-0.05, 0) is 36.4 Å². The van der Waals surface area contributed by atoms with E-state index in [0.717, 1.165) is 0 Å². The van der Waals surface area contributed by atoms with E-state index in [2.05, 4.69) is 30.7 Å². The van der Waals surface area contributed by atoms with Gasteiger partial charge < -0.3 is 25.1 Å². The van der Waals surface area contributed by atoms with Crippen LogP contribution in [-0.4, -0.2) is 41.4 Å². The molecule has 0 aliphatic heterocycles. The summed E-state index contributed by atoms with van der Waals surface area (Å²) >= 11 is 6.07. The van der Waals surface area contributed by atoms with Crippen LogP contribution in [-0.2, 0) is 16.1 Å². The lowest BCUT2D eigenvalue weighted by molar-refractivity contribution is -0.139. The van der Waals surface area contributed by atoms with Gasteiger partial charge in [0, 0.05) is 11.3 Å². The fraction of sp³-hybridized carbons (Fsp3) is 0.150. The second kappa shape index (κ2) is 10.2. The Hall–Kier alpha value is -3.92.